The van der Waals surface area contributed by atoms with Gasteiger partial charge in [0, 0.05) is 6.04 Å². The Morgan fingerprint density at radius 2 is 1.36 bits per heavy atom. The van der Waals surface area contributed by atoms with Crippen molar-refractivity contribution >= 4 is 5.57 Å². The smallest absolute Gasteiger partial charge is 0.00765 e. The lowest BCUT2D eigenvalue weighted by atomic mass is 9.82. The molecule has 2 aliphatic carbocycles. The molecule has 1 nitrogen and oxygen atoms in total. The summed E-state index contributed by atoms with van der Waals surface area (Å²) in [4.78, 5) is 0. The molecule has 1 heteroatoms. The molecule has 2 aliphatic rings. The Kier molecular flexibility index (Phi) is 3.59. The van der Waals surface area contributed by atoms with Gasteiger partial charge in [-0.25, -0.2) is 0 Å². The lowest BCUT2D eigenvalue weighted by Crippen LogP contribution is -2.24. The Morgan fingerprint density at radius 3 is 1.95 bits per heavy atom. The molecule has 1 saturated carbocycles. The van der Waals surface area contributed by atoms with Crippen molar-refractivity contribution in [2.24, 2.45) is 5.73 Å². The number of aryl methyl sites for hydroxylation is 2. The first-order valence-electron chi connectivity index (χ1n) is 8.47. The second-order valence-corrected chi connectivity index (χ2v) is 6.65. The predicted molar refractivity (Wildman–Crippen MR) is 92.8 cm³/mol. The lowest BCUT2D eigenvalue weighted by molar-refractivity contribution is 0.519. The molecule has 22 heavy (non-hydrogen) atoms. The van der Waals surface area contributed by atoms with Gasteiger partial charge in [-0.05, 0) is 66.4 Å². The zero-order valence-corrected chi connectivity index (χ0v) is 13.0. The zero-order chi connectivity index (χ0) is 14.9. The van der Waals surface area contributed by atoms with Crippen LogP contribution in [0.4, 0.5) is 0 Å². The third-order valence-electron chi connectivity index (χ3n) is 5.15. The van der Waals surface area contributed by atoms with E-state index in [4.69, 9.17) is 5.73 Å². The van der Waals surface area contributed by atoms with Crippen molar-refractivity contribution in [3.63, 3.8) is 0 Å². The summed E-state index contributed by atoms with van der Waals surface area (Å²) in [6.45, 7) is 0. The molecule has 1 atom stereocenters. The van der Waals surface area contributed by atoms with Crippen LogP contribution in [-0.4, -0.2) is 6.04 Å². The molecule has 0 aliphatic heterocycles. The highest BCUT2D eigenvalue weighted by Crippen LogP contribution is 2.39. The minimum atomic E-state index is 0.332. The van der Waals surface area contributed by atoms with Gasteiger partial charge < -0.3 is 5.73 Å². The van der Waals surface area contributed by atoms with Crippen LogP contribution in [0, 0.1) is 0 Å². The Bertz CT molecular complexity index is 677. The van der Waals surface area contributed by atoms with Crippen LogP contribution in [-0.2, 0) is 12.8 Å². The van der Waals surface area contributed by atoms with E-state index in [1.165, 1.54) is 47.1 Å². The number of benzene rings is 2. The molecule has 0 bridgehead atoms. The summed E-state index contributed by atoms with van der Waals surface area (Å²) >= 11 is 0. The third-order valence-corrected chi connectivity index (χ3v) is 5.15. The lowest BCUT2D eigenvalue weighted by Gasteiger charge is -2.25. The van der Waals surface area contributed by atoms with E-state index >= 15 is 0 Å². The highest BCUT2D eigenvalue weighted by molar-refractivity contribution is 5.86. The van der Waals surface area contributed by atoms with Crippen LogP contribution in [0.5, 0.6) is 0 Å². The first-order valence-corrected chi connectivity index (χ1v) is 8.47. The third kappa shape index (κ3) is 2.40. The van der Waals surface area contributed by atoms with Gasteiger partial charge in [0.15, 0.2) is 0 Å². The fourth-order valence-corrected chi connectivity index (χ4v) is 4.09. The highest BCUT2D eigenvalue weighted by Gasteiger charge is 2.23. The topological polar surface area (TPSA) is 26.0 Å². The van der Waals surface area contributed by atoms with Crippen LogP contribution in [0.25, 0.3) is 5.57 Å². The monoisotopic (exact) mass is 289 g/mol. The molecular weight excluding hydrogens is 266 g/mol. The summed E-state index contributed by atoms with van der Waals surface area (Å²) < 4.78 is 0. The van der Waals surface area contributed by atoms with E-state index in [1.54, 1.807) is 5.57 Å². The van der Waals surface area contributed by atoms with Gasteiger partial charge in [-0.3, -0.25) is 0 Å². The normalized spacial score (nSPS) is 21.0. The average Bonchev–Trinajstić information content (AvgIpc) is 2.71. The second kappa shape index (κ2) is 5.73. The van der Waals surface area contributed by atoms with E-state index in [9.17, 15) is 0 Å². The molecule has 0 radical (unpaired) electrons. The Morgan fingerprint density at radius 1 is 0.773 bits per heavy atom. The van der Waals surface area contributed by atoms with Crippen molar-refractivity contribution in [1.82, 2.24) is 0 Å². The van der Waals surface area contributed by atoms with Gasteiger partial charge in [0.1, 0.15) is 0 Å². The SMILES string of the molecule is NC1CCCC(=C2c3ccccc3CCc3ccccc32)C1. The molecule has 2 aromatic rings. The van der Waals surface area contributed by atoms with Gasteiger partial charge in [-0.15, -0.1) is 0 Å². The number of fused-ring (bicyclic) bond motifs is 2. The molecule has 0 spiro atoms. The van der Waals surface area contributed by atoms with E-state index in [0.717, 1.165) is 19.3 Å². The Hall–Kier alpha value is -1.86. The molecule has 2 aromatic carbocycles. The molecule has 112 valence electrons. The minimum Gasteiger partial charge on any atom is -0.327 e. The second-order valence-electron chi connectivity index (χ2n) is 6.65. The molecule has 0 saturated heterocycles. The average molecular weight is 289 g/mol. The minimum absolute atomic E-state index is 0.332. The van der Waals surface area contributed by atoms with Crippen molar-refractivity contribution in [3.05, 3.63) is 76.4 Å². The van der Waals surface area contributed by atoms with Gasteiger partial charge in [0.25, 0.3) is 0 Å². The summed E-state index contributed by atoms with van der Waals surface area (Å²) in [5.74, 6) is 0. The first-order chi connectivity index (χ1) is 10.8. The van der Waals surface area contributed by atoms with Crippen molar-refractivity contribution in [1.29, 1.82) is 0 Å². The molecule has 1 unspecified atom stereocenters. The zero-order valence-electron chi connectivity index (χ0n) is 13.0. The van der Waals surface area contributed by atoms with Crippen molar-refractivity contribution in [3.8, 4) is 0 Å². The first kappa shape index (κ1) is 13.8. The largest absolute Gasteiger partial charge is 0.327 e. The molecule has 4 rings (SSSR count). The molecule has 2 N–H and O–H groups in total. The number of hydrogen-bond donors (Lipinski definition) is 1. The van der Waals surface area contributed by atoms with Gasteiger partial charge >= 0.3 is 0 Å². The standard InChI is InChI=1S/C21H23N/c22-18-9-5-8-17(14-18)21-19-10-3-1-6-15(19)12-13-16-7-2-4-11-20(16)21/h1-4,6-7,10-11,18H,5,8-9,12-14,22H2. The molecule has 0 aromatic heterocycles. The maximum atomic E-state index is 6.28. The van der Waals surface area contributed by atoms with E-state index in [0.29, 0.717) is 6.04 Å². The van der Waals surface area contributed by atoms with Crippen LogP contribution in [0.2, 0.25) is 0 Å². The molecule has 0 heterocycles. The van der Waals surface area contributed by atoms with Gasteiger partial charge in [-0.2, -0.15) is 0 Å². The Balaban J connectivity index is 1.97. The van der Waals surface area contributed by atoms with Crippen LogP contribution in [0.3, 0.4) is 0 Å². The summed E-state index contributed by atoms with van der Waals surface area (Å²) in [5, 5.41) is 0. The summed E-state index contributed by atoms with van der Waals surface area (Å²) in [5.41, 5.74) is 15.2. The van der Waals surface area contributed by atoms with E-state index < -0.39 is 0 Å². The summed E-state index contributed by atoms with van der Waals surface area (Å²) in [6, 6.07) is 18.2. The van der Waals surface area contributed by atoms with Crippen LogP contribution in [0.1, 0.15) is 47.9 Å². The predicted octanol–water partition coefficient (Wildman–Crippen LogP) is 4.49. The van der Waals surface area contributed by atoms with Crippen LogP contribution < -0.4 is 5.73 Å². The summed E-state index contributed by atoms with van der Waals surface area (Å²) in [6.07, 6.45) is 6.92. The van der Waals surface area contributed by atoms with Crippen molar-refractivity contribution in [2.45, 2.75) is 44.6 Å². The van der Waals surface area contributed by atoms with Crippen LogP contribution >= 0.6 is 0 Å². The Labute approximate surface area is 132 Å². The van der Waals surface area contributed by atoms with E-state index in [2.05, 4.69) is 48.5 Å². The highest BCUT2D eigenvalue weighted by atomic mass is 14.6. The molecular formula is C21H23N. The quantitative estimate of drug-likeness (QED) is 0.760. The number of nitrogens with two attached hydrogens (primary N) is 1. The number of hydrogen-bond acceptors (Lipinski definition) is 1. The number of rotatable bonds is 0. The maximum absolute atomic E-state index is 6.28. The van der Waals surface area contributed by atoms with Gasteiger partial charge in [0.2, 0.25) is 0 Å². The fourth-order valence-electron chi connectivity index (χ4n) is 4.09. The van der Waals surface area contributed by atoms with E-state index in [1.807, 2.05) is 0 Å². The molecule has 1 fully saturated rings. The van der Waals surface area contributed by atoms with E-state index in [-0.39, 0.29) is 0 Å². The maximum Gasteiger partial charge on any atom is 0.00765 e. The fraction of sp³-hybridized carbons (Fsp3) is 0.333. The van der Waals surface area contributed by atoms with Crippen LogP contribution in [0.15, 0.2) is 54.1 Å². The van der Waals surface area contributed by atoms with Gasteiger partial charge in [-0.1, -0.05) is 54.1 Å². The van der Waals surface area contributed by atoms with Crippen molar-refractivity contribution in [2.75, 3.05) is 0 Å². The molecule has 0 amide bonds. The van der Waals surface area contributed by atoms with Crippen molar-refractivity contribution < 1.29 is 0 Å². The summed E-state index contributed by atoms with van der Waals surface area (Å²) in [7, 11) is 0. The van der Waals surface area contributed by atoms with Gasteiger partial charge in [0.05, 0.1) is 0 Å².